The maximum atomic E-state index is 12.5. The normalized spacial score (nSPS) is 10.0. The molecule has 0 saturated heterocycles. The molecule has 4 heteroatoms. The predicted octanol–water partition coefficient (Wildman–Crippen LogP) is 2.81. The molecule has 74 valence electrons. The van der Waals surface area contributed by atoms with Crippen LogP contribution in [0.3, 0.4) is 0 Å². The molecule has 1 aromatic rings. The SMILES string of the molecule is COc1c(C#N)cc(C)cc1C(F)F. The lowest BCUT2D eigenvalue weighted by Gasteiger charge is -2.10. The molecule has 2 nitrogen and oxygen atoms in total. The minimum Gasteiger partial charge on any atom is -0.495 e. The molecular weight excluding hydrogens is 188 g/mol. The fourth-order valence-corrected chi connectivity index (χ4v) is 1.27. The van der Waals surface area contributed by atoms with Crippen LogP contribution >= 0.6 is 0 Å². The van der Waals surface area contributed by atoms with E-state index in [1.165, 1.54) is 19.2 Å². The first-order valence-electron chi connectivity index (χ1n) is 3.97. The molecule has 0 aliphatic rings. The highest BCUT2D eigenvalue weighted by Gasteiger charge is 2.17. The van der Waals surface area contributed by atoms with Gasteiger partial charge in [-0.25, -0.2) is 8.78 Å². The van der Waals surface area contributed by atoms with Crippen molar-refractivity contribution in [1.82, 2.24) is 0 Å². The van der Waals surface area contributed by atoms with E-state index in [1.54, 1.807) is 6.92 Å². The summed E-state index contributed by atoms with van der Waals surface area (Å²) >= 11 is 0. The Hall–Kier alpha value is -1.63. The first-order chi connectivity index (χ1) is 6.60. The second kappa shape index (κ2) is 4.05. The van der Waals surface area contributed by atoms with Gasteiger partial charge in [-0.3, -0.25) is 0 Å². The van der Waals surface area contributed by atoms with Crippen molar-refractivity contribution in [1.29, 1.82) is 5.26 Å². The van der Waals surface area contributed by atoms with Crippen LogP contribution in [-0.4, -0.2) is 7.11 Å². The molecule has 0 aliphatic carbocycles. The van der Waals surface area contributed by atoms with Crippen molar-refractivity contribution in [3.05, 3.63) is 28.8 Å². The summed E-state index contributed by atoms with van der Waals surface area (Å²) in [6.07, 6.45) is -2.63. The van der Waals surface area contributed by atoms with Crippen LogP contribution in [0.15, 0.2) is 12.1 Å². The summed E-state index contributed by atoms with van der Waals surface area (Å²) in [4.78, 5) is 0. The summed E-state index contributed by atoms with van der Waals surface area (Å²) in [6.45, 7) is 1.66. The lowest BCUT2D eigenvalue weighted by molar-refractivity contribution is 0.147. The molecule has 0 radical (unpaired) electrons. The number of rotatable bonds is 2. The Bertz CT molecular complexity index is 382. The van der Waals surface area contributed by atoms with Gasteiger partial charge in [0.1, 0.15) is 11.8 Å². The third kappa shape index (κ3) is 1.82. The number of hydrogen-bond acceptors (Lipinski definition) is 2. The van der Waals surface area contributed by atoms with Crippen LogP contribution in [0.2, 0.25) is 0 Å². The largest absolute Gasteiger partial charge is 0.495 e. The minimum atomic E-state index is -2.63. The van der Waals surface area contributed by atoms with Gasteiger partial charge >= 0.3 is 0 Å². The van der Waals surface area contributed by atoms with Gasteiger partial charge in [0, 0.05) is 0 Å². The number of benzene rings is 1. The van der Waals surface area contributed by atoms with Gasteiger partial charge in [-0.05, 0) is 24.6 Å². The zero-order valence-corrected chi connectivity index (χ0v) is 7.84. The average molecular weight is 197 g/mol. The molecule has 0 fully saturated rings. The fraction of sp³-hybridized carbons (Fsp3) is 0.300. The van der Waals surface area contributed by atoms with Crippen LogP contribution in [0.1, 0.15) is 23.1 Å². The van der Waals surface area contributed by atoms with Crippen molar-refractivity contribution in [3.63, 3.8) is 0 Å². The molecule has 14 heavy (non-hydrogen) atoms. The molecule has 0 spiro atoms. The Morgan fingerprint density at radius 1 is 1.43 bits per heavy atom. The van der Waals surface area contributed by atoms with E-state index in [0.717, 1.165) is 0 Å². The Morgan fingerprint density at radius 3 is 2.50 bits per heavy atom. The molecule has 0 heterocycles. The molecule has 0 atom stereocenters. The molecule has 1 rings (SSSR count). The summed E-state index contributed by atoms with van der Waals surface area (Å²) in [5.41, 5.74) is 0.532. The second-order valence-corrected chi connectivity index (χ2v) is 2.85. The zero-order valence-electron chi connectivity index (χ0n) is 7.84. The molecule has 0 bridgehead atoms. The van der Waals surface area contributed by atoms with Gasteiger partial charge in [0.15, 0.2) is 0 Å². The average Bonchev–Trinajstić information content (AvgIpc) is 2.16. The molecule has 0 aromatic heterocycles. The van der Waals surface area contributed by atoms with Crippen LogP contribution in [-0.2, 0) is 0 Å². The van der Waals surface area contributed by atoms with E-state index < -0.39 is 6.43 Å². The van der Waals surface area contributed by atoms with Gasteiger partial charge in [-0.15, -0.1) is 0 Å². The van der Waals surface area contributed by atoms with Crippen LogP contribution in [0.5, 0.6) is 5.75 Å². The molecule has 0 amide bonds. The van der Waals surface area contributed by atoms with Crippen molar-refractivity contribution < 1.29 is 13.5 Å². The van der Waals surface area contributed by atoms with Gasteiger partial charge < -0.3 is 4.74 Å². The number of ether oxygens (including phenoxy) is 1. The number of alkyl halides is 2. The number of methoxy groups -OCH3 is 1. The van der Waals surface area contributed by atoms with E-state index in [1.807, 2.05) is 6.07 Å². The van der Waals surface area contributed by atoms with Crippen molar-refractivity contribution in [2.75, 3.05) is 7.11 Å². The number of halogens is 2. The van der Waals surface area contributed by atoms with Crippen molar-refractivity contribution in [2.45, 2.75) is 13.3 Å². The van der Waals surface area contributed by atoms with E-state index in [-0.39, 0.29) is 16.9 Å². The van der Waals surface area contributed by atoms with E-state index in [9.17, 15) is 8.78 Å². The lowest BCUT2D eigenvalue weighted by Crippen LogP contribution is -1.96. The topological polar surface area (TPSA) is 33.0 Å². The highest BCUT2D eigenvalue weighted by atomic mass is 19.3. The van der Waals surface area contributed by atoms with Crippen molar-refractivity contribution in [2.24, 2.45) is 0 Å². The maximum Gasteiger partial charge on any atom is 0.267 e. The van der Waals surface area contributed by atoms with Crippen LogP contribution in [0, 0.1) is 18.3 Å². The Kier molecular flexibility index (Phi) is 3.03. The third-order valence-electron chi connectivity index (χ3n) is 1.82. The first kappa shape index (κ1) is 10.5. The van der Waals surface area contributed by atoms with E-state index in [2.05, 4.69) is 0 Å². The molecule has 0 N–H and O–H groups in total. The Labute approximate surface area is 80.7 Å². The molecule has 0 aliphatic heterocycles. The third-order valence-corrected chi connectivity index (χ3v) is 1.82. The smallest absolute Gasteiger partial charge is 0.267 e. The molecule has 1 aromatic carbocycles. The van der Waals surface area contributed by atoms with Crippen molar-refractivity contribution in [3.8, 4) is 11.8 Å². The van der Waals surface area contributed by atoms with Crippen LogP contribution in [0.4, 0.5) is 8.78 Å². The standard InChI is InChI=1S/C10H9F2NO/c1-6-3-7(5-13)9(14-2)8(4-6)10(11)12/h3-4,10H,1-2H3. The maximum absolute atomic E-state index is 12.5. The number of hydrogen-bond donors (Lipinski definition) is 0. The number of aryl methyl sites for hydroxylation is 1. The van der Waals surface area contributed by atoms with Gasteiger partial charge in [-0.2, -0.15) is 5.26 Å². The van der Waals surface area contributed by atoms with Crippen LogP contribution < -0.4 is 4.74 Å². The Morgan fingerprint density at radius 2 is 2.07 bits per heavy atom. The molecule has 0 unspecified atom stereocenters. The van der Waals surface area contributed by atoms with Gasteiger partial charge in [0.2, 0.25) is 0 Å². The number of nitriles is 1. The van der Waals surface area contributed by atoms with E-state index in [0.29, 0.717) is 5.56 Å². The summed E-state index contributed by atoms with van der Waals surface area (Å²) < 4.78 is 29.8. The number of nitrogens with zero attached hydrogens (tertiary/aromatic N) is 1. The highest BCUT2D eigenvalue weighted by Crippen LogP contribution is 2.32. The van der Waals surface area contributed by atoms with E-state index in [4.69, 9.17) is 10.00 Å². The zero-order chi connectivity index (χ0) is 10.7. The highest BCUT2D eigenvalue weighted by molar-refractivity contribution is 5.51. The van der Waals surface area contributed by atoms with Gasteiger partial charge in [0.05, 0.1) is 18.2 Å². The van der Waals surface area contributed by atoms with Crippen LogP contribution in [0.25, 0.3) is 0 Å². The van der Waals surface area contributed by atoms with E-state index >= 15 is 0 Å². The second-order valence-electron chi connectivity index (χ2n) is 2.85. The van der Waals surface area contributed by atoms with Crippen molar-refractivity contribution >= 4 is 0 Å². The first-order valence-corrected chi connectivity index (χ1v) is 3.97. The lowest BCUT2D eigenvalue weighted by atomic mass is 10.1. The fourth-order valence-electron chi connectivity index (χ4n) is 1.27. The quantitative estimate of drug-likeness (QED) is 0.730. The minimum absolute atomic E-state index is 0.0342. The summed E-state index contributed by atoms with van der Waals surface area (Å²) in [5, 5.41) is 8.71. The molecular formula is C10H9F2NO. The summed E-state index contributed by atoms with van der Waals surface area (Å²) in [7, 11) is 1.28. The molecule has 0 saturated carbocycles. The summed E-state index contributed by atoms with van der Waals surface area (Å²) in [5.74, 6) is -0.0342. The van der Waals surface area contributed by atoms with Gasteiger partial charge in [0.25, 0.3) is 6.43 Å². The predicted molar refractivity (Wildman–Crippen MR) is 47.4 cm³/mol. The monoisotopic (exact) mass is 197 g/mol. The Balaban J connectivity index is 3.41. The van der Waals surface area contributed by atoms with Gasteiger partial charge in [-0.1, -0.05) is 0 Å². The summed E-state index contributed by atoms with van der Waals surface area (Å²) in [6, 6.07) is 4.67.